The topological polar surface area (TPSA) is 76.0 Å². The minimum absolute atomic E-state index is 0.217. The minimum Gasteiger partial charge on any atom is -0.481 e. The first-order valence-electron chi connectivity index (χ1n) is 4.70. The molecular weight excluding hydrogens is 198 g/mol. The van der Waals surface area contributed by atoms with Crippen molar-refractivity contribution in [3.8, 4) is 0 Å². The number of carbonyl (C=O) groups is 2. The number of rotatable bonds is 3. The molecule has 1 N–H and O–H groups in total. The van der Waals surface area contributed by atoms with Gasteiger partial charge in [0.1, 0.15) is 5.60 Å². The molecule has 0 aromatic carbocycles. The average Bonchev–Trinajstić information content (AvgIpc) is 2.00. The van der Waals surface area contributed by atoms with E-state index in [1.165, 1.54) is 6.21 Å². The third kappa shape index (κ3) is 7.66. The quantitative estimate of drug-likeness (QED) is 0.731. The molecule has 0 aliphatic heterocycles. The molecule has 0 saturated carbocycles. The van der Waals surface area contributed by atoms with E-state index >= 15 is 0 Å². The number of carboxylic acid groups (broad SMARTS) is 1. The summed E-state index contributed by atoms with van der Waals surface area (Å²) in [6.07, 6.45) is 0.793. The molecule has 1 amide bonds. The molecule has 0 spiro atoms. The van der Waals surface area contributed by atoms with Gasteiger partial charge in [0.25, 0.3) is 0 Å². The van der Waals surface area contributed by atoms with E-state index in [9.17, 15) is 9.59 Å². The maximum atomic E-state index is 11.0. The summed E-state index contributed by atoms with van der Waals surface area (Å²) in [6.45, 7) is 6.75. The summed E-state index contributed by atoms with van der Waals surface area (Å²) < 4.78 is 4.90. The fraction of sp³-hybridized carbons (Fsp3) is 0.700. The summed E-state index contributed by atoms with van der Waals surface area (Å²) in [7, 11) is 0. The Bertz CT molecular complexity index is 265. The largest absolute Gasteiger partial charge is 0.481 e. The first-order valence-corrected chi connectivity index (χ1v) is 4.70. The van der Waals surface area contributed by atoms with Crippen molar-refractivity contribution in [2.24, 2.45) is 10.9 Å². The molecule has 0 rings (SSSR count). The van der Waals surface area contributed by atoms with Gasteiger partial charge in [-0.15, -0.1) is 0 Å². The van der Waals surface area contributed by atoms with Gasteiger partial charge in [0.15, 0.2) is 0 Å². The predicted octanol–water partition coefficient (Wildman–Crippen LogP) is 2.10. The zero-order valence-corrected chi connectivity index (χ0v) is 9.48. The highest BCUT2D eigenvalue weighted by Crippen LogP contribution is 2.08. The molecule has 0 aromatic rings. The molecule has 15 heavy (non-hydrogen) atoms. The van der Waals surface area contributed by atoms with Gasteiger partial charge in [0.05, 0.1) is 5.92 Å². The van der Waals surface area contributed by atoms with Crippen molar-refractivity contribution >= 4 is 18.3 Å². The lowest BCUT2D eigenvalue weighted by molar-refractivity contribution is -0.140. The van der Waals surface area contributed by atoms with Crippen molar-refractivity contribution in [3.05, 3.63) is 0 Å². The monoisotopic (exact) mass is 215 g/mol. The van der Waals surface area contributed by atoms with Crippen molar-refractivity contribution in [1.82, 2.24) is 0 Å². The number of amides is 1. The molecule has 5 heteroatoms. The Morgan fingerprint density at radius 1 is 1.47 bits per heavy atom. The first kappa shape index (κ1) is 13.6. The summed E-state index contributed by atoms with van der Waals surface area (Å²) in [5.74, 6) is -1.46. The molecular formula is C10H17NO4. The van der Waals surface area contributed by atoms with E-state index in [4.69, 9.17) is 9.84 Å². The Morgan fingerprint density at radius 3 is 2.40 bits per heavy atom. The van der Waals surface area contributed by atoms with Crippen LogP contribution >= 0.6 is 0 Å². The van der Waals surface area contributed by atoms with E-state index in [1.54, 1.807) is 27.7 Å². The number of hydrogen-bond acceptors (Lipinski definition) is 3. The van der Waals surface area contributed by atoms with Crippen LogP contribution in [0.25, 0.3) is 0 Å². The van der Waals surface area contributed by atoms with Crippen LogP contribution < -0.4 is 0 Å². The van der Waals surface area contributed by atoms with Crippen LogP contribution in [-0.4, -0.2) is 29.0 Å². The van der Waals surface area contributed by atoms with E-state index in [1.807, 2.05) is 0 Å². The summed E-state index contributed by atoms with van der Waals surface area (Å²) >= 11 is 0. The van der Waals surface area contributed by atoms with Crippen LogP contribution in [-0.2, 0) is 9.53 Å². The van der Waals surface area contributed by atoms with Gasteiger partial charge in [-0.25, -0.2) is 4.79 Å². The smallest absolute Gasteiger partial charge is 0.433 e. The Kier molecular flexibility index (Phi) is 4.97. The molecule has 1 atom stereocenters. The fourth-order valence-electron chi connectivity index (χ4n) is 0.674. The second kappa shape index (κ2) is 5.48. The van der Waals surface area contributed by atoms with Crippen LogP contribution in [0.4, 0.5) is 4.79 Å². The third-order valence-electron chi connectivity index (χ3n) is 1.47. The minimum atomic E-state index is -0.911. The molecule has 0 fully saturated rings. The van der Waals surface area contributed by atoms with Crippen LogP contribution in [0.1, 0.15) is 34.1 Å². The number of aliphatic carboxylic acids is 1. The normalized spacial score (nSPS) is 13.9. The van der Waals surface area contributed by atoms with E-state index in [-0.39, 0.29) is 6.42 Å². The van der Waals surface area contributed by atoms with Crippen LogP contribution in [0, 0.1) is 5.92 Å². The summed E-state index contributed by atoms with van der Waals surface area (Å²) in [4.78, 5) is 25.0. The molecule has 0 heterocycles. The summed E-state index contributed by atoms with van der Waals surface area (Å²) in [6, 6.07) is 0. The maximum Gasteiger partial charge on any atom is 0.433 e. The Balaban J connectivity index is 3.98. The van der Waals surface area contributed by atoms with Gasteiger partial charge in [-0.2, -0.15) is 4.99 Å². The molecule has 0 radical (unpaired) electrons. The predicted molar refractivity (Wildman–Crippen MR) is 56.1 cm³/mol. The van der Waals surface area contributed by atoms with E-state index in [2.05, 4.69) is 4.99 Å². The van der Waals surface area contributed by atoms with Crippen molar-refractivity contribution in [1.29, 1.82) is 0 Å². The van der Waals surface area contributed by atoms with Crippen LogP contribution in [0.2, 0.25) is 0 Å². The lowest BCUT2D eigenvalue weighted by Crippen LogP contribution is -2.22. The van der Waals surface area contributed by atoms with Crippen LogP contribution in [0.15, 0.2) is 4.99 Å². The van der Waals surface area contributed by atoms with E-state index < -0.39 is 23.6 Å². The maximum absolute atomic E-state index is 11.0. The number of nitrogens with zero attached hydrogens (tertiary/aromatic N) is 1. The Morgan fingerprint density at radius 2 is 2.00 bits per heavy atom. The molecule has 0 bridgehead atoms. The first-order chi connectivity index (χ1) is 6.72. The number of carboxylic acids is 1. The fourth-order valence-corrected chi connectivity index (χ4v) is 0.674. The molecule has 0 aliphatic rings. The van der Waals surface area contributed by atoms with Crippen LogP contribution in [0.5, 0.6) is 0 Å². The molecule has 86 valence electrons. The lowest BCUT2D eigenvalue weighted by atomic mass is 10.1. The molecule has 5 nitrogen and oxygen atoms in total. The number of carbonyl (C=O) groups excluding carboxylic acids is 1. The van der Waals surface area contributed by atoms with Crippen LogP contribution in [0.3, 0.4) is 0 Å². The van der Waals surface area contributed by atoms with Crippen molar-refractivity contribution < 1.29 is 19.4 Å². The summed E-state index contributed by atoms with van der Waals surface area (Å²) in [5.41, 5.74) is -0.577. The van der Waals surface area contributed by atoms with E-state index in [0.29, 0.717) is 0 Å². The van der Waals surface area contributed by atoms with Gasteiger partial charge in [-0.3, -0.25) is 4.79 Å². The highest BCUT2D eigenvalue weighted by Gasteiger charge is 2.15. The van der Waals surface area contributed by atoms with Crippen molar-refractivity contribution in [3.63, 3.8) is 0 Å². The second-order valence-corrected chi connectivity index (χ2v) is 4.27. The Labute approximate surface area is 89.1 Å². The molecule has 0 saturated heterocycles. The number of hydrogen-bond donors (Lipinski definition) is 1. The van der Waals surface area contributed by atoms with Gasteiger partial charge in [0.2, 0.25) is 0 Å². The Hall–Kier alpha value is -1.39. The van der Waals surface area contributed by atoms with Gasteiger partial charge >= 0.3 is 12.1 Å². The van der Waals surface area contributed by atoms with Crippen molar-refractivity contribution in [2.45, 2.75) is 39.7 Å². The van der Waals surface area contributed by atoms with Gasteiger partial charge < -0.3 is 9.84 Å². The lowest BCUT2D eigenvalue weighted by Gasteiger charge is -2.17. The molecule has 0 aromatic heterocycles. The zero-order chi connectivity index (χ0) is 12.1. The van der Waals surface area contributed by atoms with E-state index in [0.717, 1.165) is 0 Å². The number of ether oxygens (including phenoxy) is 1. The average molecular weight is 215 g/mol. The van der Waals surface area contributed by atoms with Crippen molar-refractivity contribution in [2.75, 3.05) is 0 Å². The molecule has 0 unspecified atom stereocenters. The standard InChI is InChI=1S/C10H17NO4/c1-7(8(12)13)5-6-11-9(14)15-10(2,3)4/h6-7H,5H2,1-4H3,(H,12,13)/t7-/m0/s1. The summed E-state index contributed by atoms with van der Waals surface area (Å²) in [5, 5.41) is 8.56. The second-order valence-electron chi connectivity index (χ2n) is 4.27. The molecule has 0 aliphatic carbocycles. The SMILES string of the molecule is C[C@@H](CC=NC(=O)OC(C)(C)C)C(=O)O. The number of aliphatic imine (C=N–C) groups is 1. The van der Waals surface area contributed by atoms with Gasteiger partial charge in [-0.1, -0.05) is 6.92 Å². The highest BCUT2D eigenvalue weighted by molar-refractivity contribution is 5.81. The highest BCUT2D eigenvalue weighted by atomic mass is 16.6. The zero-order valence-electron chi connectivity index (χ0n) is 9.48. The van der Waals surface area contributed by atoms with Gasteiger partial charge in [-0.05, 0) is 27.2 Å². The van der Waals surface area contributed by atoms with Gasteiger partial charge in [0, 0.05) is 6.21 Å². The third-order valence-corrected chi connectivity index (χ3v) is 1.47.